The highest BCUT2D eigenvalue weighted by Crippen LogP contribution is 2.14. The molecule has 0 fully saturated rings. The van der Waals surface area contributed by atoms with Gasteiger partial charge in [-0.1, -0.05) is 42.0 Å². The Bertz CT molecular complexity index is 886. The third kappa shape index (κ3) is 5.54. The fourth-order valence-electron chi connectivity index (χ4n) is 2.39. The molecule has 0 unspecified atom stereocenters. The summed E-state index contributed by atoms with van der Waals surface area (Å²) in [4.78, 5) is 12.1. The average Bonchev–Trinajstić information content (AvgIpc) is 2.60. The number of hydrogen-bond acceptors (Lipinski definition) is 3. The quantitative estimate of drug-likeness (QED) is 0.760. The molecule has 26 heavy (non-hydrogen) atoms. The van der Waals surface area contributed by atoms with Crippen molar-refractivity contribution in [1.29, 1.82) is 0 Å². The molecule has 0 atom stereocenters. The van der Waals surface area contributed by atoms with E-state index in [1.807, 2.05) is 25.1 Å². The van der Waals surface area contributed by atoms with Gasteiger partial charge in [0.2, 0.25) is 15.9 Å². The van der Waals surface area contributed by atoms with Gasteiger partial charge < -0.3 is 5.32 Å². The van der Waals surface area contributed by atoms with Gasteiger partial charge >= 0.3 is 0 Å². The van der Waals surface area contributed by atoms with Crippen molar-refractivity contribution in [1.82, 2.24) is 9.62 Å². The third-order valence-corrected chi connectivity index (χ3v) is 5.71. The van der Waals surface area contributed by atoms with Crippen LogP contribution in [-0.2, 0) is 21.2 Å². The molecule has 5 nitrogen and oxygen atoms in total. The fourth-order valence-corrected chi connectivity index (χ4v) is 3.29. The summed E-state index contributed by atoms with van der Waals surface area (Å²) in [5, 5.41) is 2.84. The Morgan fingerprint density at radius 3 is 2.42 bits per heavy atom. The highest BCUT2D eigenvalue weighted by atomic mass is 32.2. The number of sulfonamides is 1. The van der Waals surface area contributed by atoms with Crippen LogP contribution in [0.25, 0.3) is 6.08 Å². The van der Waals surface area contributed by atoms with Crippen molar-refractivity contribution in [3.8, 4) is 0 Å². The molecule has 6 heteroatoms. The summed E-state index contributed by atoms with van der Waals surface area (Å²) in [6, 6.07) is 14.6. The molecule has 0 spiro atoms. The third-order valence-electron chi connectivity index (χ3n) is 3.88. The predicted molar refractivity (Wildman–Crippen MR) is 104 cm³/mol. The van der Waals surface area contributed by atoms with Crippen molar-refractivity contribution in [3.05, 3.63) is 71.3 Å². The van der Waals surface area contributed by atoms with E-state index in [-0.39, 0.29) is 10.8 Å². The van der Waals surface area contributed by atoms with Gasteiger partial charge in [0.15, 0.2) is 0 Å². The summed E-state index contributed by atoms with van der Waals surface area (Å²) in [5.74, 6) is -0.178. The SMILES string of the molecule is Cc1cccc(CCNC(=O)C=Cc2ccc(S(=O)(=O)N(C)C)cc2)c1. The molecule has 138 valence electrons. The largest absolute Gasteiger partial charge is 0.352 e. The van der Waals surface area contributed by atoms with E-state index in [0.717, 1.165) is 12.0 Å². The zero-order valence-corrected chi connectivity index (χ0v) is 16.1. The second-order valence-electron chi connectivity index (χ2n) is 6.22. The van der Waals surface area contributed by atoms with Crippen LogP contribution < -0.4 is 5.32 Å². The van der Waals surface area contributed by atoms with Crippen molar-refractivity contribution in [2.75, 3.05) is 20.6 Å². The number of rotatable bonds is 7. The summed E-state index contributed by atoms with van der Waals surface area (Å²) in [6.45, 7) is 2.60. The van der Waals surface area contributed by atoms with E-state index in [2.05, 4.69) is 11.4 Å². The first-order chi connectivity index (χ1) is 12.3. The Hall–Kier alpha value is -2.44. The van der Waals surface area contributed by atoms with Crippen LogP contribution >= 0.6 is 0 Å². The first kappa shape index (κ1) is 19.9. The van der Waals surface area contributed by atoms with Gasteiger partial charge in [0.05, 0.1) is 4.90 Å². The van der Waals surface area contributed by atoms with Gasteiger partial charge in [0.25, 0.3) is 0 Å². The molecule has 2 aromatic carbocycles. The predicted octanol–water partition coefficient (Wildman–Crippen LogP) is 2.62. The van der Waals surface area contributed by atoms with E-state index in [0.29, 0.717) is 6.54 Å². The highest BCUT2D eigenvalue weighted by Gasteiger charge is 2.16. The Morgan fingerprint density at radius 1 is 1.12 bits per heavy atom. The van der Waals surface area contributed by atoms with Crippen LogP contribution in [0.15, 0.2) is 59.5 Å². The zero-order chi connectivity index (χ0) is 19.2. The van der Waals surface area contributed by atoms with Crippen LogP contribution in [0.3, 0.4) is 0 Å². The van der Waals surface area contributed by atoms with Crippen LogP contribution in [0.5, 0.6) is 0 Å². The topological polar surface area (TPSA) is 66.5 Å². The van der Waals surface area contributed by atoms with Gasteiger partial charge in [-0.05, 0) is 42.7 Å². The smallest absolute Gasteiger partial charge is 0.244 e. The Balaban J connectivity index is 1.88. The maximum absolute atomic E-state index is 12.0. The Kier molecular flexibility index (Phi) is 6.71. The van der Waals surface area contributed by atoms with Crippen molar-refractivity contribution in [2.45, 2.75) is 18.2 Å². The lowest BCUT2D eigenvalue weighted by atomic mass is 10.1. The van der Waals surface area contributed by atoms with Gasteiger partial charge in [-0.2, -0.15) is 0 Å². The van der Waals surface area contributed by atoms with Crippen molar-refractivity contribution in [2.24, 2.45) is 0 Å². The first-order valence-electron chi connectivity index (χ1n) is 8.33. The first-order valence-corrected chi connectivity index (χ1v) is 9.77. The van der Waals surface area contributed by atoms with Crippen molar-refractivity contribution in [3.63, 3.8) is 0 Å². The minimum absolute atomic E-state index is 0.178. The normalized spacial score (nSPS) is 11.8. The molecule has 0 aliphatic carbocycles. The highest BCUT2D eigenvalue weighted by molar-refractivity contribution is 7.89. The maximum Gasteiger partial charge on any atom is 0.244 e. The van der Waals surface area contributed by atoms with Gasteiger partial charge in [0, 0.05) is 26.7 Å². The van der Waals surface area contributed by atoms with Crippen molar-refractivity contribution < 1.29 is 13.2 Å². The minimum Gasteiger partial charge on any atom is -0.352 e. The second kappa shape index (κ2) is 8.78. The van der Waals surface area contributed by atoms with E-state index in [4.69, 9.17) is 0 Å². The molecule has 0 bridgehead atoms. The van der Waals surface area contributed by atoms with E-state index < -0.39 is 10.0 Å². The molecule has 1 N–H and O–H groups in total. The standard InChI is InChI=1S/C20H24N2O3S/c1-16-5-4-6-18(15-16)13-14-21-20(23)12-9-17-7-10-19(11-8-17)26(24,25)22(2)3/h4-12,15H,13-14H2,1-3H3,(H,21,23). The number of nitrogens with zero attached hydrogens (tertiary/aromatic N) is 1. The van der Waals surface area contributed by atoms with E-state index in [1.54, 1.807) is 18.2 Å². The summed E-state index contributed by atoms with van der Waals surface area (Å²) >= 11 is 0. The van der Waals surface area contributed by atoms with Gasteiger partial charge in [-0.25, -0.2) is 12.7 Å². The summed E-state index contributed by atoms with van der Waals surface area (Å²) in [5.41, 5.74) is 3.15. The summed E-state index contributed by atoms with van der Waals surface area (Å²) in [6.07, 6.45) is 3.89. The zero-order valence-electron chi connectivity index (χ0n) is 15.3. The second-order valence-corrected chi connectivity index (χ2v) is 8.37. The molecule has 2 rings (SSSR count). The molecule has 0 saturated carbocycles. The maximum atomic E-state index is 12.0. The summed E-state index contributed by atoms with van der Waals surface area (Å²) in [7, 11) is -0.456. The number of aryl methyl sites for hydroxylation is 1. The van der Waals surface area contributed by atoms with Crippen molar-refractivity contribution >= 4 is 22.0 Å². The van der Waals surface area contributed by atoms with E-state index in [9.17, 15) is 13.2 Å². The molecule has 2 aromatic rings. The number of hydrogen-bond donors (Lipinski definition) is 1. The van der Waals surface area contributed by atoms with Crippen LogP contribution in [-0.4, -0.2) is 39.3 Å². The molecule has 0 aromatic heterocycles. The Morgan fingerprint density at radius 2 is 1.81 bits per heavy atom. The molecule has 1 amide bonds. The number of benzene rings is 2. The number of nitrogens with one attached hydrogen (secondary N) is 1. The van der Waals surface area contributed by atoms with Crippen LogP contribution in [0.4, 0.5) is 0 Å². The van der Waals surface area contributed by atoms with Crippen LogP contribution in [0, 0.1) is 6.92 Å². The molecule has 0 aliphatic heterocycles. The lowest BCUT2D eigenvalue weighted by Gasteiger charge is -2.11. The molecule has 0 radical (unpaired) electrons. The lowest BCUT2D eigenvalue weighted by Crippen LogP contribution is -2.23. The van der Waals surface area contributed by atoms with Gasteiger partial charge in [0.1, 0.15) is 0 Å². The Labute approximate surface area is 155 Å². The van der Waals surface area contributed by atoms with E-state index in [1.165, 1.54) is 47.7 Å². The average molecular weight is 372 g/mol. The lowest BCUT2D eigenvalue weighted by molar-refractivity contribution is -0.116. The molecule has 0 aliphatic rings. The number of amides is 1. The monoisotopic (exact) mass is 372 g/mol. The van der Waals surface area contributed by atoms with Crippen LogP contribution in [0.1, 0.15) is 16.7 Å². The molecular weight excluding hydrogens is 348 g/mol. The molecule has 0 saturated heterocycles. The number of carbonyl (C=O) groups excluding carboxylic acids is 1. The minimum atomic E-state index is -3.44. The fraction of sp³-hybridized carbons (Fsp3) is 0.250. The van der Waals surface area contributed by atoms with E-state index >= 15 is 0 Å². The van der Waals surface area contributed by atoms with Gasteiger partial charge in [-0.15, -0.1) is 0 Å². The van der Waals surface area contributed by atoms with Gasteiger partial charge in [-0.3, -0.25) is 4.79 Å². The van der Waals surface area contributed by atoms with Crippen LogP contribution in [0.2, 0.25) is 0 Å². The molecule has 0 heterocycles. The molecular formula is C20H24N2O3S. The summed E-state index contributed by atoms with van der Waals surface area (Å²) < 4.78 is 25.2. The number of carbonyl (C=O) groups is 1.